The third-order valence-electron chi connectivity index (χ3n) is 6.94. The molecule has 212 valence electrons. The number of hydrogen-bond acceptors (Lipinski definition) is 4. The molecule has 4 aromatic rings. The number of nitrogens with zero attached hydrogens (tertiary/aromatic N) is 2. The molecule has 0 heterocycles. The van der Waals surface area contributed by atoms with E-state index in [2.05, 4.69) is 5.32 Å². The Labute approximate surface area is 242 Å². The predicted octanol–water partition coefficient (Wildman–Crippen LogP) is 4.88. The second-order valence-electron chi connectivity index (χ2n) is 9.94. The molecule has 0 saturated heterocycles. The molecule has 2 amide bonds. The average Bonchev–Trinajstić information content (AvgIpc) is 2.99. The number of sulfonamides is 1. The zero-order valence-corrected chi connectivity index (χ0v) is 24.3. The fourth-order valence-corrected chi connectivity index (χ4v) is 6.32. The van der Waals surface area contributed by atoms with Crippen molar-refractivity contribution in [1.82, 2.24) is 10.2 Å². The topological polar surface area (TPSA) is 86.8 Å². The van der Waals surface area contributed by atoms with Gasteiger partial charge in [0.2, 0.25) is 11.8 Å². The number of carbonyl (C=O) groups excluding carboxylic acids is 2. The number of nitrogens with one attached hydrogen (secondary N) is 1. The van der Waals surface area contributed by atoms with Crippen molar-refractivity contribution in [3.63, 3.8) is 0 Å². The maximum absolute atomic E-state index is 14.3. The number of hydrogen-bond donors (Lipinski definition) is 1. The Morgan fingerprint density at radius 1 is 0.780 bits per heavy atom. The van der Waals surface area contributed by atoms with Gasteiger partial charge in [0.25, 0.3) is 10.0 Å². The van der Waals surface area contributed by atoms with Gasteiger partial charge in [0, 0.05) is 20.0 Å². The van der Waals surface area contributed by atoms with Crippen molar-refractivity contribution in [2.24, 2.45) is 0 Å². The first-order valence-corrected chi connectivity index (χ1v) is 14.9. The molecule has 8 heteroatoms. The summed E-state index contributed by atoms with van der Waals surface area (Å²) >= 11 is 0. The van der Waals surface area contributed by atoms with Gasteiger partial charge in [0.05, 0.1) is 10.6 Å². The Bertz CT molecular complexity index is 1580. The van der Waals surface area contributed by atoms with E-state index in [0.717, 1.165) is 26.6 Å². The standard InChI is InChI=1S/C33H35N3O4S/c1-25-19-20-30(26(2)21-25)36(41(39,40)29-17-11-6-12-18-29)24-32(37)35(23-28-15-9-5-10-16-28)31(33(38)34-3)22-27-13-7-4-8-14-27/h4-21,31H,22-24H2,1-3H3,(H,34,38). The Hall–Kier alpha value is -4.43. The maximum Gasteiger partial charge on any atom is 0.264 e. The summed E-state index contributed by atoms with van der Waals surface area (Å²) in [5.74, 6) is -0.819. The van der Waals surface area contributed by atoms with Crippen LogP contribution in [-0.4, -0.2) is 44.8 Å². The number of likely N-dealkylation sites (N-methyl/N-ethyl adjacent to an activating group) is 1. The van der Waals surface area contributed by atoms with Gasteiger partial charge in [0.15, 0.2) is 0 Å². The number of carbonyl (C=O) groups is 2. The third kappa shape index (κ3) is 7.21. The molecule has 0 aliphatic rings. The zero-order chi connectivity index (χ0) is 29.4. The molecule has 0 aliphatic carbocycles. The Kier molecular flexibility index (Phi) is 9.57. The van der Waals surface area contributed by atoms with Crippen molar-refractivity contribution < 1.29 is 18.0 Å². The highest BCUT2D eigenvalue weighted by molar-refractivity contribution is 7.92. The SMILES string of the molecule is CNC(=O)C(Cc1ccccc1)N(Cc1ccccc1)C(=O)CN(c1ccc(C)cc1C)S(=O)(=O)c1ccccc1. The van der Waals surface area contributed by atoms with Gasteiger partial charge in [0.1, 0.15) is 12.6 Å². The molecule has 0 bridgehead atoms. The van der Waals surface area contributed by atoms with E-state index in [9.17, 15) is 18.0 Å². The van der Waals surface area contributed by atoms with Crippen LogP contribution >= 0.6 is 0 Å². The lowest BCUT2D eigenvalue weighted by Gasteiger charge is -2.34. The van der Waals surface area contributed by atoms with Gasteiger partial charge in [-0.3, -0.25) is 13.9 Å². The molecule has 4 rings (SSSR count). The second kappa shape index (κ2) is 13.3. The Morgan fingerprint density at radius 3 is 1.90 bits per heavy atom. The van der Waals surface area contributed by atoms with Gasteiger partial charge in [-0.1, -0.05) is 96.6 Å². The van der Waals surface area contributed by atoms with Crippen molar-refractivity contribution in [2.45, 2.75) is 37.8 Å². The molecular formula is C33H35N3O4S. The van der Waals surface area contributed by atoms with E-state index in [0.29, 0.717) is 5.69 Å². The molecule has 0 spiro atoms. The maximum atomic E-state index is 14.3. The first kappa shape index (κ1) is 29.6. The van der Waals surface area contributed by atoms with Crippen LogP contribution in [0.15, 0.2) is 114 Å². The molecule has 0 saturated carbocycles. The average molecular weight is 570 g/mol. The van der Waals surface area contributed by atoms with Crippen LogP contribution in [0.3, 0.4) is 0 Å². The Balaban J connectivity index is 1.79. The number of amides is 2. The molecule has 4 aromatic carbocycles. The van der Waals surface area contributed by atoms with E-state index in [4.69, 9.17) is 0 Å². The summed E-state index contributed by atoms with van der Waals surface area (Å²) in [6.07, 6.45) is 0.272. The molecular weight excluding hydrogens is 534 g/mol. The number of rotatable bonds is 11. The first-order valence-electron chi connectivity index (χ1n) is 13.4. The van der Waals surface area contributed by atoms with Gasteiger partial charge < -0.3 is 10.2 Å². The van der Waals surface area contributed by atoms with Crippen LogP contribution in [0.2, 0.25) is 0 Å². The molecule has 1 unspecified atom stereocenters. The minimum atomic E-state index is -4.12. The lowest BCUT2D eigenvalue weighted by atomic mass is 10.0. The highest BCUT2D eigenvalue weighted by Crippen LogP contribution is 2.28. The highest BCUT2D eigenvalue weighted by atomic mass is 32.2. The molecule has 0 aliphatic heterocycles. The molecule has 0 aromatic heterocycles. The molecule has 0 radical (unpaired) electrons. The predicted molar refractivity (Wildman–Crippen MR) is 162 cm³/mol. The van der Waals surface area contributed by atoms with Crippen LogP contribution in [0.25, 0.3) is 0 Å². The second-order valence-corrected chi connectivity index (χ2v) is 11.8. The lowest BCUT2D eigenvalue weighted by Crippen LogP contribution is -2.53. The molecule has 0 fully saturated rings. The number of benzene rings is 4. The molecule has 7 nitrogen and oxygen atoms in total. The van der Waals surface area contributed by atoms with Gasteiger partial charge in [-0.2, -0.15) is 0 Å². The van der Waals surface area contributed by atoms with E-state index in [-0.39, 0.29) is 23.8 Å². The van der Waals surface area contributed by atoms with E-state index >= 15 is 0 Å². The van der Waals surface area contributed by atoms with Crippen molar-refractivity contribution in [3.05, 3.63) is 131 Å². The van der Waals surface area contributed by atoms with Crippen molar-refractivity contribution in [2.75, 3.05) is 17.9 Å². The monoisotopic (exact) mass is 569 g/mol. The van der Waals surface area contributed by atoms with Crippen LogP contribution in [-0.2, 0) is 32.6 Å². The van der Waals surface area contributed by atoms with Gasteiger partial charge in [-0.25, -0.2) is 8.42 Å². The molecule has 1 N–H and O–H groups in total. The fourth-order valence-electron chi connectivity index (χ4n) is 4.82. The van der Waals surface area contributed by atoms with Crippen molar-refractivity contribution in [3.8, 4) is 0 Å². The summed E-state index contributed by atoms with van der Waals surface area (Å²) in [7, 11) is -2.58. The molecule has 41 heavy (non-hydrogen) atoms. The summed E-state index contributed by atoms with van der Waals surface area (Å²) in [6.45, 7) is 3.41. The van der Waals surface area contributed by atoms with Crippen molar-refractivity contribution >= 4 is 27.5 Å². The van der Waals surface area contributed by atoms with Gasteiger partial charge in [-0.15, -0.1) is 0 Å². The van der Waals surface area contributed by atoms with E-state index in [1.807, 2.05) is 86.6 Å². The van der Waals surface area contributed by atoms with Gasteiger partial charge in [-0.05, 0) is 48.7 Å². The first-order chi connectivity index (χ1) is 19.7. The minimum Gasteiger partial charge on any atom is -0.357 e. The smallest absolute Gasteiger partial charge is 0.264 e. The summed E-state index contributed by atoms with van der Waals surface area (Å²) in [6, 6.07) is 31.5. The van der Waals surface area contributed by atoms with Crippen LogP contribution in [0, 0.1) is 13.8 Å². The highest BCUT2D eigenvalue weighted by Gasteiger charge is 2.34. The van der Waals surface area contributed by atoms with E-state index in [1.165, 1.54) is 24.1 Å². The van der Waals surface area contributed by atoms with Crippen molar-refractivity contribution in [1.29, 1.82) is 0 Å². The van der Waals surface area contributed by atoms with E-state index in [1.54, 1.807) is 24.3 Å². The summed E-state index contributed by atoms with van der Waals surface area (Å²) in [5.41, 5.74) is 3.82. The quantitative estimate of drug-likeness (QED) is 0.279. The number of aryl methyl sites for hydroxylation is 2. The summed E-state index contributed by atoms with van der Waals surface area (Å²) in [5, 5.41) is 2.70. The summed E-state index contributed by atoms with van der Waals surface area (Å²) in [4.78, 5) is 29.1. The van der Waals surface area contributed by atoms with Crippen LogP contribution < -0.4 is 9.62 Å². The largest absolute Gasteiger partial charge is 0.357 e. The minimum absolute atomic E-state index is 0.0783. The van der Waals surface area contributed by atoms with Gasteiger partial charge >= 0.3 is 0 Å². The van der Waals surface area contributed by atoms with Crippen LogP contribution in [0.5, 0.6) is 0 Å². The third-order valence-corrected chi connectivity index (χ3v) is 8.72. The molecule has 1 atom stereocenters. The number of anilines is 1. The van der Waals surface area contributed by atoms with Crippen LogP contribution in [0.4, 0.5) is 5.69 Å². The van der Waals surface area contributed by atoms with E-state index < -0.39 is 28.5 Å². The lowest BCUT2D eigenvalue weighted by molar-refractivity contribution is -0.139. The fraction of sp³-hybridized carbons (Fsp3) is 0.212. The Morgan fingerprint density at radius 2 is 1.34 bits per heavy atom. The summed E-state index contributed by atoms with van der Waals surface area (Å²) < 4.78 is 29.2. The normalized spacial score (nSPS) is 11.9. The zero-order valence-electron chi connectivity index (χ0n) is 23.5. The van der Waals surface area contributed by atoms with Crippen LogP contribution in [0.1, 0.15) is 22.3 Å².